The van der Waals surface area contributed by atoms with Crippen molar-refractivity contribution in [1.29, 1.82) is 0 Å². The Morgan fingerprint density at radius 3 is 2.55 bits per heavy atom. The van der Waals surface area contributed by atoms with Crippen LogP contribution in [0.1, 0.15) is 59.8 Å². The Morgan fingerprint density at radius 1 is 1.32 bits per heavy atom. The third-order valence-corrected chi connectivity index (χ3v) is 5.94. The summed E-state index contributed by atoms with van der Waals surface area (Å²) in [5.41, 5.74) is -0.469. The SMILES string of the molecule is COC(=O)OC(C)(CCC1OC1(C)C)C1CCC2(C)OC2C1. The van der Waals surface area contributed by atoms with Crippen LogP contribution in [-0.2, 0) is 18.9 Å². The van der Waals surface area contributed by atoms with Gasteiger partial charge in [-0.15, -0.1) is 0 Å². The summed E-state index contributed by atoms with van der Waals surface area (Å²) in [6.45, 7) is 8.41. The molecule has 2 saturated heterocycles. The lowest BCUT2D eigenvalue weighted by molar-refractivity contribution is -0.0668. The van der Waals surface area contributed by atoms with Crippen molar-refractivity contribution in [3.8, 4) is 0 Å². The molecule has 0 aromatic rings. The van der Waals surface area contributed by atoms with E-state index in [0.717, 1.165) is 32.1 Å². The molecule has 0 radical (unpaired) electrons. The zero-order valence-electron chi connectivity index (χ0n) is 14.3. The lowest BCUT2D eigenvalue weighted by Crippen LogP contribution is -2.43. The number of epoxide rings is 2. The second kappa shape index (κ2) is 5.10. The summed E-state index contributed by atoms with van der Waals surface area (Å²) in [7, 11) is 1.36. The predicted octanol–water partition coefficient (Wildman–Crippen LogP) is 3.44. The van der Waals surface area contributed by atoms with Gasteiger partial charge in [0.25, 0.3) is 0 Å². The Hall–Kier alpha value is -0.810. The first-order valence-corrected chi connectivity index (χ1v) is 8.31. The van der Waals surface area contributed by atoms with E-state index in [4.69, 9.17) is 18.9 Å². The fraction of sp³-hybridized carbons (Fsp3) is 0.941. The standard InChI is InChI=1S/C17H28O5/c1-15(2)12(20-15)7-9-16(3,22-14(18)19-5)11-6-8-17(4)13(10-11)21-17/h11-13H,6-10H2,1-5H3. The molecule has 3 rings (SSSR count). The molecule has 5 atom stereocenters. The Morgan fingerprint density at radius 2 is 2.00 bits per heavy atom. The second-order valence-electron chi connectivity index (χ2n) is 8.01. The smallest absolute Gasteiger partial charge is 0.438 e. The van der Waals surface area contributed by atoms with Gasteiger partial charge in [-0.05, 0) is 59.8 Å². The van der Waals surface area contributed by atoms with Crippen LogP contribution in [0.3, 0.4) is 0 Å². The number of hydrogen-bond donors (Lipinski definition) is 0. The van der Waals surface area contributed by atoms with Crippen LogP contribution >= 0.6 is 0 Å². The van der Waals surface area contributed by atoms with E-state index in [1.807, 2.05) is 6.92 Å². The van der Waals surface area contributed by atoms with Crippen molar-refractivity contribution >= 4 is 6.16 Å². The highest BCUT2D eigenvalue weighted by Crippen LogP contribution is 2.53. The van der Waals surface area contributed by atoms with E-state index in [2.05, 4.69) is 20.8 Å². The van der Waals surface area contributed by atoms with Crippen LogP contribution in [0.15, 0.2) is 0 Å². The maximum absolute atomic E-state index is 11.7. The van der Waals surface area contributed by atoms with Crippen LogP contribution in [0.25, 0.3) is 0 Å². The Bertz CT molecular complexity index is 462. The van der Waals surface area contributed by atoms with Crippen molar-refractivity contribution in [2.75, 3.05) is 7.11 Å². The molecular weight excluding hydrogens is 284 g/mol. The van der Waals surface area contributed by atoms with Crippen molar-refractivity contribution in [1.82, 2.24) is 0 Å². The van der Waals surface area contributed by atoms with E-state index in [9.17, 15) is 4.79 Å². The molecule has 3 fully saturated rings. The number of fused-ring (bicyclic) bond motifs is 1. The lowest BCUT2D eigenvalue weighted by Gasteiger charge is -2.38. The van der Waals surface area contributed by atoms with Crippen LogP contribution < -0.4 is 0 Å². The fourth-order valence-corrected chi connectivity index (χ4v) is 3.93. The highest BCUT2D eigenvalue weighted by molar-refractivity contribution is 5.60. The van der Waals surface area contributed by atoms with Crippen LogP contribution in [0.4, 0.5) is 4.79 Å². The minimum Gasteiger partial charge on any atom is -0.438 e. The molecule has 5 heteroatoms. The minimum absolute atomic E-state index is 0.0308. The summed E-state index contributed by atoms with van der Waals surface area (Å²) in [6.07, 6.45) is 4.70. The zero-order valence-corrected chi connectivity index (χ0v) is 14.3. The van der Waals surface area contributed by atoms with Crippen molar-refractivity contribution < 1.29 is 23.7 Å². The lowest BCUT2D eigenvalue weighted by atomic mass is 9.72. The molecule has 0 N–H and O–H groups in total. The number of ether oxygens (including phenoxy) is 4. The third-order valence-electron chi connectivity index (χ3n) is 5.94. The molecule has 126 valence electrons. The molecule has 2 heterocycles. The quantitative estimate of drug-likeness (QED) is 0.575. The van der Waals surface area contributed by atoms with Gasteiger partial charge < -0.3 is 18.9 Å². The average molecular weight is 312 g/mol. The van der Waals surface area contributed by atoms with Gasteiger partial charge in [-0.1, -0.05) is 0 Å². The molecular formula is C17H28O5. The maximum atomic E-state index is 11.7. The monoisotopic (exact) mass is 312 g/mol. The third kappa shape index (κ3) is 2.98. The molecule has 2 aliphatic heterocycles. The van der Waals surface area contributed by atoms with E-state index in [-0.39, 0.29) is 17.3 Å². The highest BCUT2D eigenvalue weighted by atomic mass is 16.7. The second-order valence-corrected chi connectivity index (χ2v) is 8.01. The molecule has 0 aromatic carbocycles. The minimum atomic E-state index is -0.594. The van der Waals surface area contributed by atoms with Crippen LogP contribution in [-0.4, -0.2) is 42.3 Å². The van der Waals surface area contributed by atoms with Gasteiger partial charge in [-0.25, -0.2) is 4.79 Å². The van der Waals surface area contributed by atoms with Crippen molar-refractivity contribution in [3.63, 3.8) is 0 Å². The number of methoxy groups -OCH3 is 1. The van der Waals surface area contributed by atoms with Crippen LogP contribution in [0.5, 0.6) is 0 Å². The summed E-state index contributed by atoms with van der Waals surface area (Å²) in [5, 5.41) is 0. The molecule has 0 spiro atoms. The maximum Gasteiger partial charge on any atom is 0.508 e. The zero-order chi connectivity index (χ0) is 16.2. The van der Waals surface area contributed by atoms with Gasteiger partial charge in [0.2, 0.25) is 0 Å². The summed E-state index contributed by atoms with van der Waals surface area (Å²) in [6, 6.07) is 0. The summed E-state index contributed by atoms with van der Waals surface area (Å²) >= 11 is 0. The van der Waals surface area contributed by atoms with Crippen LogP contribution in [0, 0.1) is 5.92 Å². The molecule has 1 saturated carbocycles. The van der Waals surface area contributed by atoms with Gasteiger partial charge in [0, 0.05) is 5.92 Å². The first-order chi connectivity index (χ1) is 10.2. The van der Waals surface area contributed by atoms with Crippen molar-refractivity contribution in [3.05, 3.63) is 0 Å². The summed E-state index contributed by atoms with van der Waals surface area (Å²) < 4.78 is 21.9. The van der Waals surface area contributed by atoms with Crippen molar-refractivity contribution in [2.45, 2.75) is 88.8 Å². The predicted molar refractivity (Wildman–Crippen MR) is 80.7 cm³/mol. The normalized spacial score (nSPS) is 41.0. The highest BCUT2D eigenvalue weighted by Gasteiger charge is 2.59. The number of hydrogen-bond acceptors (Lipinski definition) is 5. The van der Waals surface area contributed by atoms with Crippen molar-refractivity contribution in [2.24, 2.45) is 5.92 Å². The number of carbonyl (C=O) groups excluding carboxylic acids is 1. The molecule has 0 aromatic heterocycles. The molecule has 1 aliphatic carbocycles. The topological polar surface area (TPSA) is 60.6 Å². The van der Waals surface area contributed by atoms with E-state index in [0.29, 0.717) is 12.0 Å². The van der Waals surface area contributed by atoms with Gasteiger partial charge in [-0.3, -0.25) is 0 Å². The van der Waals surface area contributed by atoms with Gasteiger partial charge >= 0.3 is 6.16 Å². The first kappa shape index (κ1) is 16.1. The molecule has 5 nitrogen and oxygen atoms in total. The van der Waals surface area contributed by atoms with E-state index in [1.165, 1.54) is 7.11 Å². The van der Waals surface area contributed by atoms with E-state index < -0.39 is 11.8 Å². The first-order valence-electron chi connectivity index (χ1n) is 8.31. The van der Waals surface area contributed by atoms with Gasteiger partial charge in [0.05, 0.1) is 30.5 Å². The fourth-order valence-electron chi connectivity index (χ4n) is 3.93. The summed E-state index contributed by atoms with van der Waals surface area (Å²) in [5.74, 6) is 0.314. The largest absolute Gasteiger partial charge is 0.508 e. The van der Waals surface area contributed by atoms with Gasteiger partial charge in [0.15, 0.2) is 0 Å². The van der Waals surface area contributed by atoms with Crippen LogP contribution in [0.2, 0.25) is 0 Å². The molecule has 22 heavy (non-hydrogen) atoms. The summed E-state index contributed by atoms with van der Waals surface area (Å²) in [4.78, 5) is 11.7. The Kier molecular flexibility index (Phi) is 3.72. The number of carbonyl (C=O) groups is 1. The van der Waals surface area contributed by atoms with E-state index >= 15 is 0 Å². The average Bonchev–Trinajstić information content (AvgIpc) is 3.29. The molecule has 3 aliphatic rings. The molecule has 0 bridgehead atoms. The molecule has 0 amide bonds. The molecule has 5 unspecified atom stereocenters. The van der Waals surface area contributed by atoms with Gasteiger partial charge in [-0.2, -0.15) is 0 Å². The Labute approximate surface area is 132 Å². The van der Waals surface area contributed by atoms with E-state index in [1.54, 1.807) is 0 Å². The Balaban J connectivity index is 1.64. The number of rotatable bonds is 5. The van der Waals surface area contributed by atoms with Gasteiger partial charge in [0.1, 0.15) is 5.60 Å².